The summed E-state index contributed by atoms with van der Waals surface area (Å²) in [6, 6.07) is 2.17. The third-order valence-electron chi connectivity index (χ3n) is 3.86. The van der Waals surface area contributed by atoms with Crippen molar-refractivity contribution in [3.05, 3.63) is 33.8 Å². The van der Waals surface area contributed by atoms with Crippen LogP contribution in [0.4, 0.5) is 13.6 Å². The van der Waals surface area contributed by atoms with E-state index in [1.807, 2.05) is 32.6 Å². The highest BCUT2D eigenvalue weighted by Crippen LogP contribution is 2.26. The number of halogens is 3. The zero-order valence-electron chi connectivity index (χ0n) is 14.4. The van der Waals surface area contributed by atoms with E-state index in [1.165, 1.54) is 0 Å². The van der Waals surface area contributed by atoms with E-state index in [2.05, 4.69) is 15.9 Å². The Balaban J connectivity index is 2.01. The lowest BCUT2D eigenvalue weighted by Crippen LogP contribution is -2.54. The summed E-state index contributed by atoms with van der Waals surface area (Å²) in [5, 5.41) is 0. The minimum atomic E-state index is -0.538. The van der Waals surface area contributed by atoms with Crippen molar-refractivity contribution in [3.63, 3.8) is 0 Å². The second-order valence-electron chi connectivity index (χ2n) is 7.08. The van der Waals surface area contributed by atoms with Crippen LogP contribution >= 0.6 is 15.9 Å². The second kappa shape index (κ2) is 7.35. The molecule has 24 heavy (non-hydrogen) atoms. The molecule has 1 aromatic carbocycles. The molecule has 1 heterocycles. The number of carbonyl (C=O) groups excluding carboxylic acids is 1. The van der Waals surface area contributed by atoms with Gasteiger partial charge < -0.3 is 9.64 Å². The van der Waals surface area contributed by atoms with Crippen molar-refractivity contribution in [1.29, 1.82) is 0 Å². The predicted octanol–water partition coefficient (Wildman–Crippen LogP) is 4.17. The largest absolute Gasteiger partial charge is 0.444 e. The molecule has 1 saturated heterocycles. The number of piperazine rings is 1. The Hall–Kier alpha value is -1.21. The van der Waals surface area contributed by atoms with Gasteiger partial charge >= 0.3 is 6.09 Å². The van der Waals surface area contributed by atoms with Crippen LogP contribution in [-0.2, 0) is 11.3 Å². The van der Waals surface area contributed by atoms with E-state index >= 15 is 0 Å². The lowest BCUT2D eigenvalue weighted by atomic mass is 10.1. The topological polar surface area (TPSA) is 32.8 Å². The number of benzene rings is 1. The molecule has 134 valence electrons. The Labute approximate surface area is 149 Å². The predicted molar refractivity (Wildman–Crippen MR) is 91.7 cm³/mol. The molecule has 0 bridgehead atoms. The number of ether oxygens (including phenoxy) is 1. The zero-order chi connectivity index (χ0) is 18.1. The van der Waals surface area contributed by atoms with Crippen LogP contribution in [0.3, 0.4) is 0 Å². The number of hydrogen-bond acceptors (Lipinski definition) is 3. The van der Waals surface area contributed by atoms with Crippen molar-refractivity contribution in [1.82, 2.24) is 9.80 Å². The lowest BCUT2D eigenvalue weighted by molar-refractivity contribution is 0.000410. The van der Waals surface area contributed by atoms with Crippen LogP contribution in [0.2, 0.25) is 0 Å². The molecule has 0 spiro atoms. The molecular weight excluding hydrogens is 382 g/mol. The Morgan fingerprint density at radius 2 is 1.92 bits per heavy atom. The number of nitrogens with zero attached hydrogens (tertiary/aromatic N) is 2. The standard InChI is InChI=1S/C17H23BrF2N2O2/c1-11-9-21(7-8-22(11)16(23)24-17(2,3)4)10-12-13(19)5-6-14(20)15(12)18/h5-6,11H,7-10H2,1-4H3. The number of rotatable bonds is 2. The van der Waals surface area contributed by atoms with Crippen LogP contribution in [0, 0.1) is 11.6 Å². The van der Waals surface area contributed by atoms with Gasteiger partial charge in [0.1, 0.15) is 17.2 Å². The van der Waals surface area contributed by atoms with E-state index in [-0.39, 0.29) is 23.2 Å². The van der Waals surface area contributed by atoms with Gasteiger partial charge in [0.15, 0.2) is 0 Å². The maximum Gasteiger partial charge on any atom is 0.410 e. The second-order valence-corrected chi connectivity index (χ2v) is 7.87. The molecule has 1 aliphatic rings. The summed E-state index contributed by atoms with van der Waals surface area (Å²) in [7, 11) is 0. The Bertz CT molecular complexity index is 619. The molecule has 0 radical (unpaired) electrons. The summed E-state index contributed by atoms with van der Waals surface area (Å²) in [5.41, 5.74) is -0.239. The van der Waals surface area contributed by atoms with Crippen LogP contribution in [0.1, 0.15) is 33.3 Å². The van der Waals surface area contributed by atoms with E-state index in [0.717, 1.165) is 12.1 Å². The van der Waals surface area contributed by atoms with Gasteiger partial charge in [0.2, 0.25) is 0 Å². The Kier molecular flexibility index (Phi) is 5.86. The van der Waals surface area contributed by atoms with Crippen LogP contribution in [0.15, 0.2) is 16.6 Å². The molecule has 1 aliphatic heterocycles. The minimum Gasteiger partial charge on any atom is -0.444 e. The highest BCUT2D eigenvalue weighted by atomic mass is 79.9. The number of amides is 1. The zero-order valence-corrected chi connectivity index (χ0v) is 16.0. The average Bonchev–Trinajstić information content (AvgIpc) is 2.46. The highest BCUT2D eigenvalue weighted by Gasteiger charge is 2.31. The summed E-state index contributed by atoms with van der Waals surface area (Å²) in [6.45, 7) is 9.34. The normalized spacial score (nSPS) is 19.5. The van der Waals surface area contributed by atoms with Crippen LogP contribution in [-0.4, -0.2) is 47.2 Å². The lowest BCUT2D eigenvalue weighted by Gasteiger charge is -2.40. The summed E-state index contributed by atoms with van der Waals surface area (Å²) in [6.07, 6.45) is -0.340. The Morgan fingerprint density at radius 3 is 2.50 bits per heavy atom. The summed E-state index contributed by atoms with van der Waals surface area (Å²) < 4.78 is 33.1. The monoisotopic (exact) mass is 404 g/mol. The molecule has 2 rings (SSSR count). The first-order valence-corrected chi connectivity index (χ1v) is 8.72. The molecule has 1 fully saturated rings. The molecule has 0 aliphatic carbocycles. The first kappa shape index (κ1) is 19.1. The molecule has 1 unspecified atom stereocenters. The maximum absolute atomic E-state index is 14.0. The Morgan fingerprint density at radius 1 is 1.29 bits per heavy atom. The molecule has 4 nitrogen and oxygen atoms in total. The molecule has 0 N–H and O–H groups in total. The summed E-state index contributed by atoms with van der Waals surface area (Å²) in [5.74, 6) is -0.919. The van der Waals surface area contributed by atoms with Crippen molar-refractivity contribution in [2.75, 3.05) is 19.6 Å². The quantitative estimate of drug-likeness (QED) is 0.693. The van der Waals surface area contributed by atoms with E-state index in [1.54, 1.807) is 4.90 Å². The van der Waals surface area contributed by atoms with Crippen molar-refractivity contribution in [2.45, 2.75) is 45.9 Å². The third-order valence-corrected chi connectivity index (χ3v) is 4.72. The molecule has 0 saturated carbocycles. The average molecular weight is 405 g/mol. The van der Waals surface area contributed by atoms with Gasteiger partial charge in [0.25, 0.3) is 0 Å². The van der Waals surface area contributed by atoms with Crippen LogP contribution < -0.4 is 0 Å². The first-order chi connectivity index (χ1) is 11.1. The van der Waals surface area contributed by atoms with E-state index < -0.39 is 17.2 Å². The molecule has 1 atom stereocenters. The van der Waals surface area contributed by atoms with Gasteiger partial charge in [-0.3, -0.25) is 4.90 Å². The van der Waals surface area contributed by atoms with E-state index in [4.69, 9.17) is 4.74 Å². The SMILES string of the molecule is CC1CN(Cc2c(F)ccc(F)c2Br)CCN1C(=O)OC(C)(C)C. The van der Waals surface area contributed by atoms with Crippen LogP contribution in [0.25, 0.3) is 0 Å². The van der Waals surface area contributed by atoms with E-state index in [0.29, 0.717) is 25.2 Å². The van der Waals surface area contributed by atoms with Gasteiger partial charge in [-0.1, -0.05) is 0 Å². The van der Waals surface area contributed by atoms with Crippen molar-refractivity contribution in [3.8, 4) is 0 Å². The highest BCUT2D eigenvalue weighted by molar-refractivity contribution is 9.10. The maximum atomic E-state index is 14.0. The fraction of sp³-hybridized carbons (Fsp3) is 0.588. The van der Waals surface area contributed by atoms with E-state index in [9.17, 15) is 13.6 Å². The molecular formula is C17H23BrF2N2O2. The third kappa shape index (κ3) is 4.66. The first-order valence-electron chi connectivity index (χ1n) is 7.93. The fourth-order valence-electron chi connectivity index (χ4n) is 2.71. The molecule has 1 aromatic rings. The molecule has 1 amide bonds. The summed E-state index contributed by atoms with van der Waals surface area (Å²) in [4.78, 5) is 15.9. The smallest absolute Gasteiger partial charge is 0.410 e. The fourth-order valence-corrected chi connectivity index (χ4v) is 3.15. The number of hydrogen-bond donors (Lipinski definition) is 0. The molecule has 7 heteroatoms. The van der Waals surface area contributed by atoms with Gasteiger partial charge in [-0.25, -0.2) is 13.6 Å². The van der Waals surface area contributed by atoms with Crippen LogP contribution in [0.5, 0.6) is 0 Å². The minimum absolute atomic E-state index is 0.0657. The molecule has 0 aromatic heterocycles. The van der Waals surface area contributed by atoms with Gasteiger partial charge in [-0.2, -0.15) is 0 Å². The van der Waals surface area contributed by atoms with Gasteiger partial charge in [0, 0.05) is 37.8 Å². The van der Waals surface area contributed by atoms with Crippen molar-refractivity contribution >= 4 is 22.0 Å². The van der Waals surface area contributed by atoms with Gasteiger partial charge in [0.05, 0.1) is 4.47 Å². The van der Waals surface area contributed by atoms with Gasteiger partial charge in [-0.15, -0.1) is 0 Å². The van der Waals surface area contributed by atoms with Crippen molar-refractivity contribution in [2.24, 2.45) is 0 Å². The number of carbonyl (C=O) groups is 1. The summed E-state index contributed by atoms with van der Waals surface area (Å²) >= 11 is 3.11. The van der Waals surface area contributed by atoms with Gasteiger partial charge in [-0.05, 0) is 55.8 Å². The van der Waals surface area contributed by atoms with Crippen molar-refractivity contribution < 1.29 is 18.3 Å².